The van der Waals surface area contributed by atoms with Gasteiger partial charge in [0.2, 0.25) is 5.91 Å². The second-order valence-corrected chi connectivity index (χ2v) is 5.02. The third-order valence-electron chi connectivity index (χ3n) is 3.37. The van der Waals surface area contributed by atoms with E-state index in [0.717, 1.165) is 39.1 Å². The van der Waals surface area contributed by atoms with E-state index in [2.05, 4.69) is 36.0 Å². The molecule has 2 unspecified atom stereocenters. The average molecular weight is 242 g/mol. The van der Waals surface area contributed by atoms with Crippen LogP contribution in [0.1, 0.15) is 20.3 Å². The van der Waals surface area contributed by atoms with Crippen LogP contribution in [0.25, 0.3) is 0 Å². The fourth-order valence-electron chi connectivity index (χ4n) is 2.26. The van der Waals surface area contributed by atoms with Gasteiger partial charge in [-0.15, -0.1) is 0 Å². The number of rotatable bonds is 6. The lowest BCUT2D eigenvalue weighted by Gasteiger charge is -2.39. The quantitative estimate of drug-likeness (QED) is 0.658. The first kappa shape index (κ1) is 14.4. The summed E-state index contributed by atoms with van der Waals surface area (Å²) in [7, 11) is 2.13. The number of hydrogen-bond donors (Lipinski definition) is 2. The van der Waals surface area contributed by atoms with Crippen molar-refractivity contribution in [2.45, 2.75) is 32.4 Å². The summed E-state index contributed by atoms with van der Waals surface area (Å²) < 4.78 is 0. The van der Waals surface area contributed by atoms with Gasteiger partial charge in [-0.25, -0.2) is 0 Å². The summed E-state index contributed by atoms with van der Waals surface area (Å²) in [5, 5.41) is 3.22. The van der Waals surface area contributed by atoms with E-state index < -0.39 is 0 Å². The molecular formula is C12H26N4O. The van der Waals surface area contributed by atoms with E-state index in [-0.39, 0.29) is 11.9 Å². The molecule has 0 aromatic heterocycles. The Morgan fingerprint density at radius 2 is 2.24 bits per heavy atom. The summed E-state index contributed by atoms with van der Waals surface area (Å²) >= 11 is 0. The van der Waals surface area contributed by atoms with Gasteiger partial charge in [0, 0.05) is 32.2 Å². The van der Waals surface area contributed by atoms with Gasteiger partial charge < -0.3 is 16.0 Å². The molecule has 0 aromatic carbocycles. The minimum Gasteiger partial charge on any atom is -0.368 e. The summed E-state index contributed by atoms with van der Waals surface area (Å²) in [4.78, 5) is 16.0. The Kier molecular flexibility index (Phi) is 5.88. The van der Waals surface area contributed by atoms with E-state index in [1.807, 2.05) is 0 Å². The van der Waals surface area contributed by atoms with Gasteiger partial charge in [-0.2, -0.15) is 0 Å². The molecule has 1 rings (SSSR count). The van der Waals surface area contributed by atoms with E-state index >= 15 is 0 Å². The van der Waals surface area contributed by atoms with Crippen LogP contribution in [-0.2, 0) is 4.79 Å². The number of piperazine rings is 1. The zero-order valence-electron chi connectivity index (χ0n) is 11.3. The molecule has 1 saturated heterocycles. The molecule has 0 spiro atoms. The average Bonchev–Trinajstić information content (AvgIpc) is 2.26. The number of hydrogen-bond acceptors (Lipinski definition) is 4. The summed E-state index contributed by atoms with van der Waals surface area (Å²) in [6.45, 7) is 8.98. The largest absolute Gasteiger partial charge is 0.368 e. The normalized spacial score (nSPS) is 24.8. The van der Waals surface area contributed by atoms with Crippen LogP contribution >= 0.6 is 0 Å². The molecule has 0 aromatic rings. The van der Waals surface area contributed by atoms with Gasteiger partial charge >= 0.3 is 0 Å². The number of primary amides is 1. The van der Waals surface area contributed by atoms with Gasteiger partial charge in [-0.05, 0) is 26.9 Å². The van der Waals surface area contributed by atoms with Crippen molar-refractivity contribution in [1.29, 1.82) is 0 Å². The molecule has 1 amide bonds. The first-order valence-corrected chi connectivity index (χ1v) is 6.49. The molecule has 3 N–H and O–H groups in total. The first-order chi connectivity index (χ1) is 8.04. The maximum atomic E-state index is 11.4. The molecule has 0 saturated carbocycles. The number of nitrogens with zero attached hydrogens (tertiary/aromatic N) is 2. The van der Waals surface area contributed by atoms with Gasteiger partial charge in [0.15, 0.2) is 0 Å². The summed E-state index contributed by atoms with van der Waals surface area (Å²) in [6.07, 6.45) is 1.02. The van der Waals surface area contributed by atoms with Gasteiger partial charge in [0.1, 0.15) is 0 Å². The molecule has 0 radical (unpaired) electrons. The van der Waals surface area contributed by atoms with Gasteiger partial charge in [0.25, 0.3) is 0 Å². The van der Waals surface area contributed by atoms with Crippen molar-refractivity contribution >= 4 is 5.91 Å². The fourth-order valence-corrected chi connectivity index (χ4v) is 2.26. The Morgan fingerprint density at radius 3 is 2.76 bits per heavy atom. The van der Waals surface area contributed by atoms with Crippen molar-refractivity contribution in [1.82, 2.24) is 15.1 Å². The number of nitrogens with one attached hydrogen (secondary N) is 1. The van der Waals surface area contributed by atoms with Gasteiger partial charge in [-0.3, -0.25) is 9.69 Å². The molecule has 17 heavy (non-hydrogen) atoms. The predicted octanol–water partition coefficient (Wildman–Crippen LogP) is -0.524. The molecule has 5 nitrogen and oxygen atoms in total. The first-order valence-electron chi connectivity index (χ1n) is 6.49. The topological polar surface area (TPSA) is 61.6 Å². The smallest absolute Gasteiger partial charge is 0.235 e. The lowest BCUT2D eigenvalue weighted by atomic mass is 10.1. The van der Waals surface area contributed by atoms with Crippen molar-refractivity contribution in [2.24, 2.45) is 5.73 Å². The molecule has 0 bridgehead atoms. The summed E-state index contributed by atoms with van der Waals surface area (Å²) in [5.74, 6) is -0.246. The van der Waals surface area contributed by atoms with Crippen molar-refractivity contribution in [2.75, 3.05) is 39.8 Å². The third-order valence-corrected chi connectivity index (χ3v) is 3.37. The van der Waals surface area contributed by atoms with E-state index in [1.54, 1.807) is 0 Å². The highest BCUT2D eigenvalue weighted by molar-refractivity contribution is 5.80. The molecule has 0 aliphatic carbocycles. The van der Waals surface area contributed by atoms with Crippen LogP contribution in [0.15, 0.2) is 0 Å². The van der Waals surface area contributed by atoms with E-state index in [1.165, 1.54) is 0 Å². The fraction of sp³-hybridized carbons (Fsp3) is 0.917. The number of carbonyl (C=O) groups excluding carboxylic acids is 1. The van der Waals surface area contributed by atoms with Gasteiger partial charge in [0.05, 0.1) is 6.04 Å². The van der Waals surface area contributed by atoms with Crippen molar-refractivity contribution in [3.63, 3.8) is 0 Å². The molecule has 1 aliphatic rings. The Balaban J connectivity index is 2.45. The second kappa shape index (κ2) is 6.93. The molecule has 1 fully saturated rings. The lowest BCUT2D eigenvalue weighted by Crippen LogP contribution is -2.56. The number of nitrogens with two attached hydrogens (primary N) is 1. The predicted molar refractivity (Wildman–Crippen MR) is 69.8 cm³/mol. The monoisotopic (exact) mass is 242 g/mol. The molecule has 2 atom stereocenters. The van der Waals surface area contributed by atoms with E-state index in [9.17, 15) is 4.79 Å². The van der Waals surface area contributed by atoms with Crippen molar-refractivity contribution in [3.05, 3.63) is 0 Å². The highest BCUT2D eigenvalue weighted by Gasteiger charge is 2.25. The number of carbonyl (C=O) groups is 1. The van der Waals surface area contributed by atoms with Crippen LogP contribution in [0.5, 0.6) is 0 Å². The highest BCUT2D eigenvalue weighted by Crippen LogP contribution is 2.08. The second-order valence-electron chi connectivity index (χ2n) is 5.02. The highest BCUT2D eigenvalue weighted by atomic mass is 16.1. The summed E-state index contributed by atoms with van der Waals surface area (Å²) in [6, 6.07) is 0.264. The Bertz CT molecular complexity index is 247. The Morgan fingerprint density at radius 1 is 1.53 bits per heavy atom. The number of likely N-dealkylation sites (N-methyl/N-ethyl adjacent to an activating group) is 1. The van der Waals surface area contributed by atoms with E-state index in [0.29, 0.717) is 6.04 Å². The van der Waals surface area contributed by atoms with Crippen LogP contribution in [0.4, 0.5) is 0 Å². The Hall–Kier alpha value is -0.650. The van der Waals surface area contributed by atoms with Crippen LogP contribution in [0.2, 0.25) is 0 Å². The molecule has 100 valence electrons. The van der Waals surface area contributed by atoms with Crippen LogP contribution in [-0.4, -0.2) is 67.6 Å². The standard InChI is InChI=1S/C12H26N4O/c1-4-5-14-11(12(13)17)9-16-7-6-15(3)8-10(16)2/h10-11,14H,4-9H2,1-3H3,(H2,13,17). The molecular weight excluding hydrogens is 216 g/mol. The SMILES string of the molecule is CCCNC(CN1CCN(C)CC1C)C(N)=O. The van der Waals surface area contributed by atoms with E-state index in [4.69, 9.17) is 5.73 Å². The molecule has 1 heterocycles. The Labute approximate surface area is 104 Å². The maximum Gasteiger partial charge on any atom is 0.235 e. The van der Waals surface area contributed by atoms with Crippen LogP contribution in [0.3, 0.4) is 0 Å². The van der Waals surface area contributed by atoms with Crippen molar-refractivity contribution < 1.29 is 4.79 Å². The molecule has 5 heteroatoms. The maximum absolute atomic E-state index is 11.4. The zero-order chi connectivity index (χ0) is 12.8. The van der Waals surface area contributed by atoms with Gasteiger partial charge in [-0.1, -0.05) is 6.92 Å². The third kappa shape index (κ3) is 4.61. The van der Waals surface area contributed by atoms with Crippen molar-refractivity contribution in [3.8, 4) is 0 Å². The zero-order valence-corrected chi connectivity index (χ0v) is 11.3. The number of amides is 1. The lowest BCUT2D eigenvalue weighted by molar-refractivity contribution is -0.120. The minimum absolute atomic E-state index is 0.221. The minimum atomic E-state index is -0.246. The molecule has 1 aliphatic heterocycles. The summed E-state index contributed by atoms with van der Waals surface area (Å²) in [5.41, 5.74) is 5.43. The van der Waals surface area contributed by atoms with Crippen LogP contribution in [0, 0.1) is 0 Å². The van der Waals surface area contributed by atoms with Crippen LogP contribution < -0.4 is 11.1 Å².